The van der Waals surface area contributed by atoms with Gasteiger partial charge < -0.3 is 0 Å². The second kappa shape index (κ2) is 12.8. The van der Waals surface area contributed by atoms with E-state index in [2.05, 4.69) is 190 Å². The molecule has 0 amide bonds. The monoisotopic (exact) mass is 674 g/mol. The van der Waals surface area contributed by atoms with Gasteiger partial charge in [-0.3, -0.25) is 0 Å². The van der Waals surface area contributed by atoms with Gasteiger partial charge in [-0.05, 0) is 109 Å². The normalized spacial score (nSPS) is 12.5. The molecule has 9 aromatic carbocycles. The lowest BCUT2D eigenvalue weighted by atomic mass is 9.34. The van der Waals surface area contributed by atoms with Crippen molar-refractivity contribution in [1.82, 2.24) is 0 Å². The molecule has 0 unspecified atom stereocenters. The molecule has 1 aliphatic rings. The van der Waals surface area contributed by atoms with Crippen LogP contribution < -0.4 is 16.4 Å². The van der Waals surface area contributed by atoms with Gasteiger partial charge in [0.05, 0.1) is 0 Å². The summed E-state index contributed by atoms with van der Waals surface area (Å²) in [5, 5.41) is 10.3. The summed E-state index contributed by atoms with van der Waals surface area (Å²) in [4.78, 5) is 0. The van der Waals surface area contributed by atoms with Crippen LogP contribution in [0, 0.1) is 13.8 Å². The molecule has 0 aromatic heterocycles. The Bertz CT molecular complexity index is 2790. The largest absolute Gasteiger partial charge is 0.243 e. The minimum atomic E-state index is 0.0347. The Labute approximate surface area is 312 Å². The molecule has 0 nitrogen and oxygen atoms in total. The van der Waals surface area contributed by atoms with Crippen molar-refractivity contribution >= 4 is 72.3 Å². The molecule has 10 rings (SSSR count). The van der Waals surface area contributed by atoms with E-state index in [4.69, 9.17) is 0 Å². The zero-order chi connectivity index (χ0) is 35.5. The molecule has 9 aromatic rings. The molecule has 1 heteroatoms. The van der Waals surface area contributed by atoms with Crippen molar-refractivity contribution in [1.29, 1.82) is 0 Å². The molecule has 53 heavy (non-hydrogen) atoms. The molecule has 0 N–H and O–H groups in total. The maximum Gasteiger partial charge on any atom is 0.243 e. The van der Waals surface area contributed by atoms with Gasteiger partial charge in [0.1, 0.15) is 0 Å². The van der Waals surface area contributed by atoms with Crippen LogP contribution in [0.4, 0.5) is 0 Å². The molecule has 0 spiro atoms. The molecule has 0 heterocycles. The minimum Gasteiger partial charge on any atom is -0.0836 e. The predicted molar refractivity (Wildman–Crippen MR) is 232 cm³/mol. The molecule has 0 atom stereocenters. The van der Waals surface area contributed by atoms with E-state index in [-0.39, 0.29) is 6.71 Å². The highest BCUT2D eigenvalue weighted by Crippen LogP contribution is 2.44. The lowest BCUT2D eigenvalue weighted by molar-refractivity contribution is 0.986. The van der Waals surface area contributed by atoms with E-state index in [0.717, 1.165) is 12.8 Å². The number of aryl methyl sites for hydroxylation is 3. The summed E-state index contributed by atoms with van der Waals surface area (Å²) in [5.74, 6) is 0. The van der Waals surface area contributed by atoms with E-state index < -0.39 is 0 Å². The van der Waals surface area contributed by atoms with Gasteiger partial charge in [-0.1, -0.05) is 197 Å². The number of fused-ring (bicyclic) bond motifs is 5. The summed E-state index contributed by atoms with van der Waals surface area (Å²) in [7, 11) is 0. The summed E-state index contributed by atoms with van der Waals surface area (Å²) in [6, 6.07) is 61.6. The van der Waals surface area contributed by atoms with Crippen molar-refractivity contribution in [3.8, 4) is 22.3 Å². The lowest BCUT2D eigenvalue weighted by Gasteiger charge is -2.24. The third kappa shape index (κ3) is 5.22. The number of rotatable bonds is 5. The Morgan fingerprint density at radius 1 is 0.434 bits per heavy atom. The Morgan fingerprint density at radius 3 is 1.51 bits per heavy atom. The average Bonchev–Trinajstić information content (AvgIpc) is 3.21. The van der Waals surface area contributed by atoms with Crippen molar-refractivity contribution in [2.45, 2.75) is 26.7 Å². The first-order valence-corrected chi connectivity index (χ1v) is 18.9. The van der Waals surface area contributed by atoms with Crippen LogP contribution >= 0.6 is 0 Å². The summed E-state index contributed by atoms with van der Waals surface area (Å²) in [6.07, 6.45) is 6.84. The van der Waals surface area contributed by atoms with Crippen molar-refractivity contribution in [2.75, 3.05) is 0 Å². The van der Waals surface area contributed by atoms with E-state index in [1.54, 1.807) is 0 Å². The summed E-state index contributed by atoms with van der Waals surface area (Å²) in [6.45, 7) is 4.61. The van der Waals surface area contributed by atoms with Crippen LogP contribution in [0.15, 0.2) is 170 Å². The standard InChI is InChI=1S/C52H39B/c1-34-26-28-37-15-5-7-20-43(37)51(34)53(52-35(2)27-29-38-16-6-8-21-44(38)52)42-19-13-18-40(33-42)49-45-22-9-11-24-47(45)50(48-25-12-10-23-46(48)49)41-31-30-36-14-3-4-17-39(36)32-41/h4-13,15-33H,3,14H2,1-2H3. The zero-order valence-corrected chi connectivity index (χ0v) is 30.2. The van der Waals surface area contributed by atoms with Crippen molar-refractivity contribution in [3.05, 3.63) is 192 Å². The third-order valence-electron chi connectivity index (χ3n) is 11.7. The summed E-state index contributed by atoms with van der Waals surface area (Å²) >= 11 is 0. The molecule has 0 saturated carbocycles. The van der Waals surface area contributed by atoms with Crippen LogP contribution in [0.1, 0.15) is 28.7 Å². The fraction of sp³-hybridized carbons (Fsp3) is 0.0769. The van der Waals surface area contributed by atoms with Gasteiger partial charge in [0, 0.05) is 0 Å². The van der Waals surface area contributed by atoms with Gasteiger partial charge >= 0.3 is 0 Å². The van der Waals surface area contributed by atoms with E-state index in [1.165, 1.54) is 104 Å². The molecule has 0 bridgehead atoms. The molecular weight excluding hydrogens is 635 g/mol. The quantitative estimate of drug-likeness (QED) is 0.126. The SMILES string of the molecule is Cc1ccc2ccccc2c1B(c1cccc(-c2c3ccccc3c(-c3ccc4c(c3)C=CCC4)c3ccccc23)c1)c1c(C)ccc2ccccc12. The average molecular weight is 675 g/mol. The Kier molecular flexibility index (Phi) is 7.62. The number of allylic oxidation sites excluding steroid dienone is 1. The van der Waals surface area contributed by atoms with Gasteiger partial charge in [0.2, 0.25) is 6.71 Å². The molecule has 250 valence electrons. The molecule has 1 aliphatic carbocycles. The van der Waals surface area contributed by atoms with Crippen LogP contribution in [0.3, 0.4) is 0 Å². The topological polar surface area (TPSA) is 0 Å². The van der Waals surface area contributed by atoms with E-state index in [9.17, 15) is 0 Å². The highest BCUT2D eigenvalue weighted by Gasteiger charge is 2.29. The van der Waals surface area contributed by atoms with Gasteiger partial charge in [-0.15, -0.1) is 0 Å². The first-order chi connectivity index (χ1) is 26.1. The predicted octanol–water partition coefficient (Wildman–Crippen LogP) is 11.7. The van der Waals surface area contributed by atoms with Crippen LogP contribution in [0.25, 0.3) is 71.4 Å². The van der Waals surface area contributed by atoms with Gasteiger partial charge in [0.25, 0.3) is 0 Å². The first-order valence-electron chi connectivity index (χ1n) is 18.9. The number of hydrogen-bond donors (Lipinski definition) is 0. The molecule has 0 saturated heterocycles. The number of benzene rings is 9. The van der Waals surface area contributed by atoms with Crippen molar-refractivity contribution in [3.63, 3.8) is 0 Å². The van der Waals surface area contributed by atoms with Crippen LogP contribution in [-0.4, -0.2) is 6.71 Å². The van der Waals surface area contributed by atoms with Crippen molar-refractivity contribution in [2.24, 2.45) is 0 Å². The molecular formula is C52H39B. The van der Waals surface area contributed by atoms with Crippen LogP contribution in [0.5, 0.6) is 0 Å². The molecule has 0 fully saturated rings. The smallest absolute Gasteiger partial charge is 0.0836 e. The maximum absolute atomic E-state index is 2.49. The Hall–Kier alpha value is -6.18. The van der Waals surface area contributed by atoms with Crippen LogP contribution in [-0.2, 0) is 6.42 Å². The highest BCUT2D eigenvalue weighted by molar-refractivity contribution is 6.98. The maximum atomic E-state index is 2.49. The second-order valence-corrected chi connectivity index (χ2v) is 14.8. The lowest BCUT2D eigenvalue weighted by Crippen LogP contribution is -2.54. The van der Waals surface area contributed by atoms with Gasteiger partial charge in [0.15, 0.2) is 0 Å². The van der Waals surface area contributed by atoms with E-state index in [0.29, 0.717) is 0 Å². The minimum absolute atomic E-state index is 0.0347. The van der Waals surface area contributed by atoms with Crippen molar-refractivity contribution < 1.29 is 0 Å². The van der Waals surface area contributed by atoms with Crippen LogP contribution in [0.2, 0.25) is 0 Å². The highest BCUT2D eigenvalue weighted by atomic mass is 14.2. The fourth-order valence-electron chi connectivity index (χ4n) is 9.26. The zero-order valence-electron chi connectivity index (χ0n) is 30.2. The number of hydrogen-bond acceptors (Lipinski definition) is 0. The summed E-state index contributed by atoms with van der Waals surface area (Å²) in [5.41, 5.74) is 14.6. The van der Waals surface area contributed by atoms with E-state index >= 15 is 0 Å². The van der Waals surface area contributed by atoms with Gasteiger partial charge in [-0.25, -0.2) is 0 Å². The molecule has 0 aliphatic heterocycles. The Morgan fingerprint density at radius 2 is 0.943 bits per heavy atom. The Balaban J connectivity index is 1.26. The fourth-order valence-corrected chi connectivity index (χ4v) is 9.26. The first kappa shape index (κ1) is 31.6. The van der Waals surface area contributed by atoms with Gasteiger partial charge in [-0.2, -0.15) is 0 Å². The summed E-state index contributed by atoms with van der Waals surface area (Å²) < 4.78 is 0. The van der Waals surface area contributed by atoms with E-state index in [1.807, 2.05) is 0 Å². The third-order valence-corrected chi connectivity index (χ3v) is 11.7. The second-order valence-electron chi connectivity index (χ2n) is 14.8. The molecule has 0 radical (unpaired) electrons.